The molecular weight excluding hydrogens is 410 g/mol. The number of fused-ring (bicyclic) bond motifs is 1. The fourth-order valence-corrected chi connectivity index (χ4v) is 6.21. The maximum Gasteiger partial charge on any atom is 0.274 e. The molecule has 0 bridgehead atoms. The number of aryl methyl sites for hydroxylation is 1. The van der Waals surface area contributed by atoms with E-state index in [1.54, 1.807) is 0 Å². The van der Waals surface area contributed by atoms with Gasteiger partial charge in [0.15, 0.2) is 5.69 Å². The molecule has 0 unspecified atom stereocenters. The zero-order valence-corrected chi connectivity index (χ0v) is 20.4. The van der Waals surface area contributed by atoms with Crippen LogP contribution in [-0.2, 0) is 24.8 Å². The molecule has 178 valence electrons. The van der Waals surface area contributed by atoms with Crippen molar-refractivity contribution in [3.05, 3.63) is 52.8 Å². The number of likely N-dealkylation sites (N-methyl/N-ethyl adjacent to an activating group) is 1. The molecule has 0 spiro atoms. The van der Waals surface area contributed by atoms with Gasteiger partial charge >= 0.3 is 0 Å². The number of nitrogens with one attached hydrogen (secondary N) is 1. The van der Waals surface area contributed by atoms with Gasteiger partial charge in [0.2, 0.25) is 0 Å². The highest BCUT2D eigenvalue weighted by molar-refractivity contribution is 5.94. The third kappa shape index (κ3) is 4.47. The Balaban J connectivity index is 1.32. The Kier molecular flexibility index (Phi) is 6.57. The lowest BCUT2D eigenvalue weighted by Gasteiger charge is -2.34. The van der Waals surface area contributed by atoms with Crippen LogP contribution in [0.3, 0.4) is 0 Å². The lowest BCUT2D eigenvalue weighted by molar-refractivity contribution is 0.0656. The Hall–Kier alpha value is -2.18. The van der Waals surface area contributed by atoms with Crippen molar-refractivity contribution in [2.75, 3.05) is 39.8 Å². The number of aromatic nitrogens is 2. The Morgan fingerprint density at radius 3 is 2.55 bits per heavy atom. The first-order valence-corrected chi connectivity index (χ1v) is 12.9. The second-order valence-electron chi connectivity index (χ2n) is 10.4. The predicted octanol–water partition coefficient (Wildman–Crippen LogP) is 3.25. The first-order chi connectivity index (χ1) is 16.1. The van der Waals surface area contributed by atoms with Gasteiger partial charge in [-0.1, -0.05) is 43.2 Å². The van der Waals surface area contributed by atoms with Crippen molar-refractivity contribution in [1.82, 2.24) is 24.9 Å². The van der Waals surface area contributed by atoms with Crippen molar-refractivity contribution < 1.29 is 4.79 Å². The van der Waals surface area contributed by atoms with E-state index in [1.807, 2.05) is 4.90 Å². The van der Waals surface area contributed by atoms with E-state index in [9.17, 15) is 4.79 Å². The molecule has 5 rings (SSSR count). The SMILES string of the molecule is CCn1nc(C(=O)N2CCN(C)CC2)c2c1CC[C@@H](NCC1(c3ccccc3)CCCC1)C2. The van der Waals surface area contributed by atoms with Gasteiger partial charge in [-0.3, -0.25) is 9.48 Å². The van der Waals surface area contributed by atoms with Crippen molar-refractivity contribution in [2.45, 2.75) is 69.9 Å². The second kappa shape index (κ2) is 9.59. The standard InChI is InChI=1S/C27H39N5O/c1-3-32-24-12-11-22(28-20-27(13-7-8-14-27)21-9-5-4-6-10-21)19-23(24)25(29-32)26(33)31-17-15-30(2)16-18-31/h4-6,9-10,22,28H,3,7-8,11-20H2,1-2H3/t22-/m1/s1. The van der Waals surface area contributed by atoms with E-state index in [1.165, 1.54) is 42.5 Å². The van der Waals surface area contributed by atoms with E-state index in [2.05, 4.69) is 59.2 Å². The summed E-state index contributed by atoms with van der Waals surface area (Å²) in [7, 11) is 2.12. The largest absolute Gasteiger partial charge is 0.335 e. The Labute approximate surface area is 198 Å². The van der Waals surface area contributed by atoms with Crippen LogP contribution in [0.4, 0.5) is 0 Å². The molecule has 1 aliphatic heterocycles. The summed E-state index contributed by atoms with van der Waals surface area (Å²) in [6, 6.07) is 11.5. The second-order valence-corrected chi connectivity index (χ2v) is 10.4. The van der Waals surface area contributed by atoms with Crippen LogP contribution in [0, 0.1) is 0 Å². The van der Waals surface area contributed by atoms with E-state index in [-0.39, 0.29) is 11.3 Å². The van der Waals surface area contributed by atoms with Crippen molar-refractivity contribution >= 4 is 5.91 Å². The van der Waals surface area contributed by atoms with Gasteiger partial charge in [-0.25, -0.2) is 0 Å². The maximum absolute atomic E-state index is 13.4. The monoisotopic (exact) mass is 449 g/mol. The molecule has 1 amide bonds. The number of carbonyl (C=O) groups is 1. The Morgan fingerprint density at radius 1 is 1.12 bits per heavy atom. The molecule has 6 heteroatoms. The molecule has 1 saturated heterocycles. The zero-order valence-electron chi connectivity index (χ0n) is 20.4. The number of rotatable bonds is 6. The van der Waals surface area contributed by atoms with Crippen molar-refractivity contribution in [3.63, 3.8) is 0 Å². The summed E-state index contributed by atoms with van der Waals surface area (Å²) in [6.07, 6.45) is 8.20. The van der Waals surface area contributed by atoms with Crippen LogP contribution in [-0.4, -0.2) is 71.3 Å². The first kappa shape index (κ1) is 22.6. The van der Waals surface area contributed by atoms with Crippen molar-refractivity contribution in [2.24, 2.45) is 0 Å². The van der Waals surface area contributed by atoms with Crippen LogP contribution in [0.2, 0.25) is 0 Å². The van der Waals surface area contributed by atoms with Gasteiger partial charge in [0.1, 0.15) is 0 Å². The molecule has 0 radical (unpaired) electrons. The quantitative estimate of drug-likeness (QED) is 0.736. The summed E-state index contributed by atoms with van der Waals surface area (Å²) in [5.74, 6) is 0.128. The molecule has 33 heavy (non-hydrogen) atoms. The highest BCUT2D eigenvalue weighted by atomic mass is 16.2. The van der Waals surface area contributed by atoms with Gasteiger partial charge < -0.3 is 15.1 Å². The fourth-order valence-electron chi connectivity index (χ4n) is 6.21. The lowest BCUT2D eigenvalue weighted by Crippen LogP contribution is -2.47. The average Bonchev–Trinajstić information content (AvgIpc) is 3.49. The molecule has 1 aromatic heterocycles. The van der Waals surface area contributed by atoms with Crippen molar-refractivity contribution in [1.29, 1.82) is 0 Å². The summed E-state index contributed by atoms with van der Waals surface area (Å²) in [5.41, 5.74) is 4.93. The summed E-state index contributed by atoms with van der Waals surface area (Å²) in [6.45, 7) is 7.46. The molecule has 6 nitrogen and oxygen atoms in total. The minimum atomic E-state index is 0.128. The topological polar surface area (TPSA) is 53.4 Å². The summed E-state index contributed by atoms with van der Waals surface area (Å²) in [4.78, 5) is 17.7. The number of piperazine rings is 1. The molecule has 3 aliphatic rings. The van der Waals surface area contributed by atoms with Crippen LogP contribution >= 0.6 is 0 Å². The summed E-state index contributed by atoms with van der Waals surface area (Å²) >= 11 is 0. The number of hydrogen-bond donors (Lipinski definition) is 1. The molecule has 2 heterocycles. The van der Waals surface area contributed by atoms with E-state index < -0.39 is 0 Å². The zero-order chi connectivity index (χ0) is 22.8. The summed E-state index contributed by atoms with van der Waals surface area (Å²) < 4.78 is 2.08. The molecular formula is C27H39N5O. The van der Waals surface area contributed by atoms with Crippen LogP contribution in [0.1, 0.15) is 66.3 Å². The molecule has 2 aliphatic carbocycles. The number of nitrogens with zero attached hydrogens (tertiary/aromatic N) is 4. The van der Waals surface area contributed by atoms with Gasteiger partial charge in [0, 0.05) is 62.0 Å². The van der Waals surface area contributed by atoms with Gasteiger partial charge in [0.05, 0.1) is 0 Å². The number of amides is 1. The Morgan fingerprint density at radius 2 is 1.85 bits per heavy atom. The highest BCUT2D eigenvalue weighted by Crippen LogP contribution is 2.41. The number of benzene rings is 1. The van der Waals surface area contributed by atoms with Gasteiger partial charge in [-0.15, -0.1) is 0 Å². The van der Waals surface area contributed by atoms with Gasteiger partial charge in [0.25, 0.3) is 5.91 Å². The molecule has 1 saturated carbocycles. The van der Waals surface area contributed by atoms with E-state index in [4.69, 9.17) is 5.10 Å². The fraction of sp³-hybridized carbons (Fsp3) is 0.630. The van der Waals surface area contributed by atoms with E-state index in [0.29, 0.717) is 11.7 Å². The van der Waals surface area contributed by atoms with Crippen LogP contribution in [0.25, 0.3) is 0 Å². The minimum Gasteiger partial charge on any atom is -0.335 e. The molecule has 1 aromatic carbocycles. The molecule has 1 atom stereocenters. The smallest absolute Gasteiger partial charge is 0.274 e. The van der Waals surface area contributed by atoms with Crippen LogP contribution in [0.15, 0.2) is 30.3 Å². The summed E-state index contributed by atoms with van der Waals surface area (Å²) in [5, 5.41) is 8.78. The first-order valence-electron chi connectivity index (χ1n) is 12.9. The van der Waals surface area contributed by atoms with Gasteiger partial charge in [-0.2, -0.15) is 5.10 Å². The predicted molar refractivity (Wildman–Crippen MR) is 132 cm³/mol. The van der Waals surface area contributed by atoms with Crippen LogP contribution in [0.5, 0.6) is 0 Å². The number of carbonyl (C=O) groups excluding carboxylic acids is 1. The van der Waals surface area contributed by atoms with Crippen molar-refractivity contribution in [3.8, 4) is 0 Å². The molecule has 1 N–H and O–H groups in total. The Bertz CT molecular complexity index is 954. The minimum absolute atomic E-state index is 0.128. The van der Waals surface area contributed by atoms with E-state index >= 15 is 0 Å². The lowest BCUT2D eigenvalue weighted by atomic mass is 9.78. The molecule has 2 fully saturated rings. The highest BCUT2D eigenvalue weighted by Gasteiger charge is 2.37. The van der Waals surface area contributed by atoms with E-state index in [0.717, 1.165) is 58.5 Å². The normalized spacial score (nSPS) is 23.0. The van der Waals surface area contributed by atoms with Gasteiger partial charge in [-0.05, 0) is 51.6 Å². The number of hydrogen-bond acceptors (Lipinski definition) is 4. The third-order valence-corrected chi connectivity index (χ3v) is 8.32. The maximum atomic E-state index is 13.4. The molecule has 2 aromatic rings. The third-order valence-electron chi connectivity index (χ3n) is 8.32. The average molecular weight is 450 g/mol. The van der Waals surface area contributed by atoms with Crippen LogP contribution < -0.4 is 5.32 Å².